The first-order chi connectivity index (χ1) is 10.6. The molecule has 0 spiro atoms. The zero-order chi connectivity index (χ0) is 15.5. The Morgan fingerprint density at radius 3 is 2.77 bits per heavy atom. The van der Waals surface area contributed by atoms with Crippen molar-refractivity contribution in [2.24, 2.45) is 0 Å². The number of carbonyl (C=O) groups excluding carboxylic acids is 1. The molecule has 22 heavy (non-hydrogen) atoms. The maximum absolute atomic E-state index is 13.5. The lowest BCUT2D eigenvalue weighted by molar-refractivity contribution is 0.0950. The molecule has 0 atom stereocenters. The molecule has 5 heteroatoms. The first-order valence-corrected chi connectivity index (χ1v) is 6.93. The fourth-order valence-electron chi connectivity index (χ4n) is 2.41. The highest BCUT2D eigenvalue weighted by atomic mass is 19.1. The fourth-order valence-corrected chi connectivity index (χ4v) is 2.41. The molecule has 0 aliphatic rings. The highest BCUT2D eigenvalue weighted by Crippen LogP contribution is 2.19. The molecule has 3 nitrogen and oxygen atoms in total. The molecule has 1 amide bonds. The van der Waals surface area contributed by atoms with E-state index in [0.29, 0.717) is 13.0 Å². The SMILES string of the molecule is O=C(NCCc1c[nH]c2ccc(F)cc12)c1ccccc1F. The van der Waals surface area contributed by atoms with Crippen LogP contribution >= 0.6 is 0 Å². The molecule has 1 heterocycles. The zero-order valence-corrected chi connectivity index (χ0v) is 11.7. The van der Waals surface area contributed by atoms with Crippen LogP contribution in [0.3, 0.4) is 0 Å². The Kier molecular flexibility index (Phi) is 3.87. The van der Waals surface area contributed by atoms with E-state index in [1.807, 2.05) is 0 Å². The number of rotatable bonds is 4. The predicted molar refractivity (Wildman–Crippen MR) is 80.7 cm³/mol. The van der Waals surface area contributed by atoms with Gasteiger partial charge in [-0.25, -0.2) is 8.78 Å². The van der Waals surface area contributed by atoms with E-state index in [2.05, 4.69) is 10.3 Å². The second-order valence-electron chi connectivity index (χ2n) is 4.99. The van der Waals surface area contributed by atoms with Gasteiger partial charge < -0.3 is 10.3 Å². The number of amides is 1. The van der Waals surface area contributed by atoms with Crippen molar-refractivity contribution in [3.05, 3.63) is 71.4 Å². The number of nitrogens with one attached hydrogen (secondary N) is 2. The van der Waals surface area contributed by atoms with Crippen molar-refractivity contribution in [1.29, 1.82) is 0 Å². The third kappa shape index (κ3) is 2.83. The summed E-state index contributed by atoms with van der Waals surface area (Å²) < 4.78 is 26.8. The van der Waals surface area contributed by atoms with Gasteiger partial charge in [-0.1, -0.05) is 12.1 Å². The number of benzene rings is 2. The zero-order valence-electron chi connectivity index (χ0n) is 11.7. The third-order valence-electron chi connectivity index (χ3n) is 3.53. The first kappa shape index (κ1) is 14.3. The highest BCUT2D eigenvalue weighted by molar-refractivity contribution is 5.94. The average molecular weight is 300 g/mol. The van der Waals surface area contributed by atoms with Gasteiger partial charge in [-0.15, -0.1) is 0 Å². The molecule has 0 bridgehead atoms. The molecular formula is C17H14F2N2O. The lowest BCUT2D eigenvalue weighted by Crippen LogP contribution is -2.26. The molecule has 0 radical (unpaired) electrons. The largest absolute Gasteiger partial charge is 0.361 e. The van der Waals surface area contributed by atoms with E-state index in [1.54, 1.807) is 18.3 Å². The van der Waals surface area contributed by atoms with Crippen LogP contribution < -0.4 is 5.32 Å². The Hall–Kier alpha value is -2.69. The van der Waals surface area contributed by atoms with Gasteiger partial charge in [0.1, 0.15) is 11.6 Å². The van der Waals surface area contributed by atoms with Gasteiger partial charge in [0.15, 0.2) is 0 Å². The average Bonchev–Trinajstić information content (AvgIpc) is 2.90. The number of halogens is 2. The summed E-state index contributed by atoms with van der Waals surface area (Å²) in [5.74, 6) is -1.30. The number of hydrogen-bond acceptors (Lipinski definition) is 1. The molecule has 0 aliphatic carbocycles. The Balaban J connectivity index is 1.66. The van der Waals surface area contributed by atoms with Gasteiger partial charge in [-0.05, 0) is 42.3 Å². The van der Waals surface area contributed by atoms with E-state index in [-0.39, 0.29) is 11.4 Å². The molecule has 2 aromatic carbocycles. The second kappa shape index (κ2) is 5.97. The van der Waals surface area contributed by atoms with E-state index in [9.17, 15) is 13.6 Å². The maximum Gasteiger partial charge on any atom is 0.254 e. The van der Waals surface area contributed by atoms with Gasteiger partial charge in [0.2, 0.25) is 0 Å². The van der Waals surface area contributed by atoms with Gasteiger partial charge in [0.05, 0.1) is 5.56 Å². The van der Waals surface area contributed by atoms with Gasteiger partial charge in [-0.2, -0.15) is 0 Å². The molecule has 3 aromatic rings. The van der Waals surface area contributed by atoms with Crippen molar-refractivity contribution < 1.29 is 13.6 Å². The predicted octanol–water partition coefficient (Wildman–Crippen LogP) is 3.42. The van der Waals surface area contributed by atoms with E-state index in [4.69, 9.17) is 0 Å². The Labute approximate surface area is 126 Å². The molecule has 3 rings (SSSR count). The molecule has 0 fully saturated rings. The van der Waals surface area contributed by atoms with Gasteiger partial charge in [0.25, 0.3) is 5.91 Å². The molecular weight excluding hydrogens is 286 g/mol. The Morgan fingerprint density at radius 2 is 1.95 bits per heavy atom. The monoisotopic (exact) mass is 300 g/mol. The van der Waals surface area contributed by atoms with Crippen molar-refractivity contribution >= 4 is 16.8 Å². The molecule has 0 saturated heterocycles. The summed E-state index contributed by atoms with van der Waals surface area (Å²) in [6.45, 7) is 0.344. The van der Waals surface area contributed by atoms with Gasteiger partial charge in [0, 0.05) is 23.6 Å². The minimum Gasteiger partial charge on any atom is -0.361 e. The van der Waals surface area contributed by atoms with Crippen molar-refractivity contribution in [3.8, 4) is 0 Å². The minimum absolute atomic E-state index is 0.0208. The Bertz CT molecular complexity index is 826. The van der Waals surface area contributed by atoms with Crippen LogP contribution in [0.15, 0.2) is 48.7 Å². The molecule has 0 unspecified atom stereocenters. The third-order valence-corrected chi connectivity index (χ3v) is 3.53. The molecule has 0 saturated carbocycles. The van der Waals surface area contributed by atoms with Crippen LogP contribution in [-0.4, -0.2) is 17.4 Å². The van der Waals surface area contributed by atoms with Crippen molar-refractivity contribution in [3.63, 3.8) is 0 Å². The normalized spacial score (nSPS) is 10.8. The van der Waals surface area contributed by atoms with Gasteiger partial charge in [-0.3, -0.25) is 4.79 Å². The first-order valence-electron chi connectivity index (χ1n) is 6.93. The lowest BCUT2D eigenvalue weighted by Gasteiger charge is -2.05. The van der Waals surface area contributed by atoms with E-state index in [0.717, 1.165) is 16.5 Å². The summed E-state index contributed by atoms with van der Waals surface area (Å²) in [6.07, 6.45) is 2.32. The molecule has 112 valence electrons. The summed E-state index contributed by atoms with van der Waals surface area (Å²) >= 11 is 0. The molecule has 0 aliphatic heterocycles. The number of hydrogen-bond donors (Lipinski definition) is 2. The van der Waals surface area contributed by atoms with Crippen LogP contribution in [0.4, 0.5) is 8.78 Å². The van der Waals surface area contributed by atoms with E-state index < -0.39 is 11.7 Å². The van der Waals surface area contributed by atoms with Crippen molar-refractivity contribution in [1.82, 2.24) is 10.3 Å². The second-order valence-corrected chi connectivity index (χ2v) is 4.99. The summed E-state index contributed by atoms with van der Waals surface area (Å²) in [6, 6.07) is 10.4. The number of fused-ring (bicyclic) bond motifs is 1. The Morgan fingerprint density at radius 1 is 1.14 bits per heavy atom. The topological polar surface area (TPSA) is 44.9 Å². The number of H-pyrrole nitrogens is 1. The fraction of sp³-hybridized carbons (Fsp3) is 0.118. The van der Waals surface area contributed by atoms with E-state index >= 15 is 0 Å². The van der Waals surface area contributed by atoms with Crippen LogP contribution in [0.5, 0.6) is 0 Å². The highest BCUT2D eigenvalue weighted by Gasteiger charge is 2.10. The van der Waals surface area contributed by atoms with Crippen LogP contribution in [0, 0.1) is 11.6 Å². The quantitative estimate of drug-likeness (QED) is 0.762. The summed E-state index contributed by atoms with van der Waals surface area (Å²) in [5.41, 5.74) is 1.77. The van der Waals surface area contributed by atoms with Crippen LogP contribution in [0.25, 0.3) is 10.9 Å². The van der Waals surface area contributed by atoms with Crippen LogP contribution in [-0.2, 0) is 6.42 Å². The molecule has 2 N–H and O–H groups in total. The maximum atomic E-state index is 13.5. The van der Waals surface area contributed by atoms with Crippen molar-refractivity contribution in [2.75, 3.05) is 6.54 Å². The van der Waals surface area contributed by atoms with Crippen LogP contribution in [0.1, 0.15) is 15.9 Å². The standard InChI is InChI=1S/C17H14F2N2O/c18-12-5-6-16-14(9-12)11(10-21-16)7-8-20-17(22)13-3-1-2-4-15(13)19/h1-6,9-10,21H,7-8H2,(H,20,22). The number of aromatic amines is 1. The van der Waals surface area contributed by atoms with E-state index in [1.165, 1.54) is 30.3 Å². The summed E-state index contributed by atoms with van der Waals surface area (Å²) in [5, 5.41) is 3.46. The van der Waals surface area contributed by atoms with Gasteiger partial charge >= 0.3 is 0 Å². The lowest BCUT2D eigenvalue weighted by atomic mass is 10.1. The summed E-state index contributed by atoms with van der Waals surface area (Å²) in [4.78, 5) is 14.9. The number of aromatic nitrogens is 1. The smallest absolute Gasteiger partial charge is 0.254 e. The number of carbonyl (C=O) groups is 1. The minimum atomic E-state index is -0.547. The summed E-state index contributed by atoms with van der Waals surface area (Å²) in [7, 11) is 0. The van der Waals surface area contributed by atoms with Crippen LogP contribution in [0.2, 0.25) is 0 Å². The van der Waals surface area contributed by atoms with Crippen molar-refractivity contribution in [2.45, 2.75) is 6.42 Å². The molecule has 1 aromatic heterocycles.